The first-order valence-electron chi connectivity index (χ1n) is 12.8. The topological polar surface area (TPSA) is 115 Å². The van der Waals surface area contributed by atoms with Gasteiger partial charge in [-0.15, -0.1) is 5.10 Å². The Morgan fingerprint density at radius 2 is 1.92 bits per heavy atom. The standard InChI is InChI=1S/C29H32N6O4/c1-7-9-14-34(8-2)19-10-12-23(18(3)15-19)31-27-22(17-30)25(29(36)39-6)28-32-26(33-35(27)28)21-16-20(37-4)11-13-24(21)38-5/h10-13,15-16H,7-9,14H2,1-6H3. The minimum atomic E-state index is -0.698. The molecule has 3 aromatic rings. The molecule has 0 bridgehead atoms. The van der Waals surface area contributed by atoms with Gasteiger partial charge in [0.15, 0.2) is 17.5 Å². The van der Waals surface area contributed by atoms with Gasteiger partial charge in [-0.2, -0.15) is 9.94 Å². The van der Waals surface area contributed by atoms with Gasteiger partial charge in [0.25, 0.3) is 0 Å². The SMILES string of the molecule is CCCCN(CC)c1ccc(N=C2C(C#N)=C(C(=O)OC)c3nc(-c4cc(OC)ccc4OC)nn32)c(C)c1. The molecule has 10 heteroatoms. The molecule has 1 aliphatic rings. The molecule has 0 saturated heterocycles. The van der Waals surface area contributed by atoms with Gasteiger partial charge in [-0.25, -0.2) is 14.8 Å². The molecule has 2 aromatic carbocycles. The van der Waals surface area contributed by atoms with Crippen LogP contribution >= 0.6 is 0 Å². The number of nitriles is 1. The van der Waals surface area contributed by atoms with Gasteiger partial charge in [0.1, 0.15) is 28.7 Å². The molecule has 39 heavy (non-hydrogen) atoms. The predicted molar refractivity (Wildman–Crippen MR) is 150 cm³/mol. The molecule has 0 unspecified atom stereocenters. The summed E-state index contributed by atoms with van der Waals surface area (Å²) in [5, 5.41) is 14.7. The molecule has 2 heterocycles. The van der Waals surface area contributed by atoms with E-state index in [9.17, 15) is 10.1 Å². The third-order valence-corrected chi connectivity index (χ3v) is 6.59. The Hall–Kier alpha value is -4.65. The van der Waals surface area contributed by atoms with Crippen LogP contribution in [0.25, 0.3) is 17.0 Å². The van der Waals surface area contributed by atoms with Crippen molar-refractivity contribution in [2.75, 3.05) is 39.3 Å². The highest BCUT2D eigenvalue weighted by Crippen LogP contribution is 2.36. The molecule has 0 radical (unpaired) electrons. The van der Waals surface area contributed by atoms with E-state index in [0.29, 0.717) is 22.7 Å². The molecule has 0 N–H and O–H groups in total. The molecule has 0 fully saturated rings. The summed E-state index contributed by atoms with van der Waals surface area (Å²) in [7, 11) is 4.36. The van der Waals surface area contributed by atoms with Crippen molar-refractivity contribution in [2.45, 2.75) is 33.6 Å². The highest BCUT2D eigenvalue weighted by molar-refractivity contribution is 6.29. The second-order valence-corrected chi connectivity index (χ2v) is 8.93. The summed E-state index contributed by atoms with van der Waals surface area (Å²) < 4.78 is 17.3. The van der Waals surface area contributed by atoms with Gasteiger partial charge in [0, 0.05) is 18.8 Å². The summed E-state index contributed by atoms with van der Waals surface area (Å²) in [5.74, 6) is 1.07. The number of anilines is 1. The third-order valence-electron chi connectivity index (χ3n) is 6.59. The fourth-order valence-corrected chi connectivity index (χ4v) is 4.45. The molecule has 0 spiro atoms. The lowest BCUT2D eigenvalue weighted by molar-refractivity contribution is -0.133. The summed E-state index contributed by atoms with van der Waals surface area (Å²) in [6.45, 7) is 8.16. The zero-order chi connectivity index (χ0) is 28.1. The highest BCUT2D eigenvalue weighted by atomic mass is 16.5. The van der Waals surface area contributed by atoms with Crippen molar-refractivity contribution in [3.05, 3.63) is 53.4 Å². The number of methoxy groups -OCH3 is 3. The zero-order valence-electron chi connectivity index (χ0n) is 23.1. The number of aromatic nitrogens is 3. The highest BCUT2D eigenvalue weighted by Gasteiger charge is 2.37. The molecular weight excluding hydrogens is 496 g/mol. The number of fused-ring (bicyclic) bond motifs is 1. The lowest BCUT2D eigenvalue weighted by Gasteiger charge is -2.23. The number of unbranched alkanes of at least 4 members (excludes halogenated alkanes) is 1. The van der Waals surface area contributed by atoms with E-state index >= 15 is 0 Å². The number of aliphatic imine (C=N–C) groups is 1. The van der Waals surface area contributed by atoms with Crippen molar-refractivity contribution in [3.63, 3.8) is 0 Å². The number of benzene rings is 2. The van der Waals surface area contributed by atoms with Crippen LogP contribution < -0.4 is 14.4 Å². The maximum Gasteiger partial charge on any atom is 0.343 e. The molecule has 1 aromatic heterocycles. The van der Waals surface area contributed by atoms with E-state index < -0.39 is 5.97 Å². The van der Waals surface area contributed by atoms with Gasteiger partial charge >= 0.3 is 5.97 Å². The minimum absolute atomic E-state index is 0.00496. The maximum absolute atomic E-state index is 12.8. The number of hydrogen-bond donors (Lipinski definition) is 0. The number of hydrogen-bond acceptors (Lipinski definition) is 9. The Bertz CT molecular complexity index is 1500. The van der Waals surface area contributed by atoms with Crippen LogP contribution in [0.15, 0.2) is 47.0 Å². The van der Waals surface area contributed by atoms with Crippen LogP contribution in [0.2, 0.25) is 0 Å². The number of rotatable bonds is 10. The van der Waals surface area contributed by atoms with E-state index in [4.69, 9.17) is 19.2 Å². The van der Waals surface area contributed by atoms with Crippen molar-refractivity contribution >= 4 is 28.8 Å². The predicted octanol–water partition coefficient (Wildman–Crippen LogP) is 4.94. The first-order valence-corrected chi connectivity index (χ1v) is 12.8. The molecule has 202 valence electrons. The van der Waals surface area contributed by atoms with Crippen LogP contribution in [0.4, 0.5) is 11.4 Å². The first-order chi connectivity index (χ1) is 18.9. The summed E-state index contributed by atoms with van der Waals surface area (Å²) in [6, 6.07) is 13.4. The van der Waals surface area contributed by atoms with Crippen LogP contribution in [0.5, 0.6) is 11.5 Å². The number of esters is 1. The van der Waals surface area contributed by atoms with E-state index in [1.165, 1.54) is 11.8 Å². The fraction of sp³-hybridized carbons (Fsp3) is 0.345. The van der Waals surface area contributed by atoms with Gasteiger partial charge in [0.05, 0.1) is 32.6 Å². The average molecular weight is 529 g/mol. The number of carbonyl (C=O) groups excluding carboxylic acids is 1. The molecule has 10 nitrogen and oxygen atoms in total. The van der Waals surface area contributed by atoms with Crippen LogP contribution in [0.3, 0.4) is 0 Å². The van der Waals surface area contributed by atoms with E-state index in [2.05, 4.69) is 41.0 Å². The lowest BCUT2D eigenvalue weighted by atomic mass is 10.1. The van der Waals surface area contributed by atoms with Crippen LogP contribution in [0.1, 0.15) is 38.1 Å². The Kier molecular flexibility index (Phi) is 8.30. The quantitative estimate of drug-likeness (QED) is 0.340. The number of carbonyl (C=O) groups is 1. The number of nitrogens with zero attached hydrogens (tertiary/aromatic N) is 6. The fourth-order valence-electron chi connectivity index (χ4n) is 4.45. The molecule has 0 atom stereocenters. The summed E-state index contributed by atoms with van der Waals surface area (Å²) in [5.41, 5.74) is 3.30. The molecule has 1 aliphatic heterocycles. The van der Waals surface area contributed by atoms with Gasteiger partial charge in [-0.05, 0) is 62.2 Å². The molecule has 0 aliphatic carbocycles. The molecule has 0 amide bonds. The van der Waals surface area contributed by atoms with Crippen LogP contribution in [-0.4, -0.2) is 61.0 Å². The van der Waals surface area contributed by atoms with Gasteiger partial charge in [-0.3, -0.25) is 0 Å². The van der Waals surface area contributed by atoms with Crippen LogP contribution in [0, 0.1) is 18.3 Å². The lowest BCUT2D eigenvalue weighted by Crippen LogP contribution is -2.23. The van der Waals surface area contributed by atoms with Crippen molar-refractivity contribution in [2.24, 2.45) is 4.99 Å². The van der Waals surface area contributed by atoms with Crippen molar-refractivity contribution in [3.8, 4) is 29.0 Å². The second-order valence-electron chi connectivity index (χ2n) is 8.93. The van der Waals surface area contributed by atoms with Crippen molar-refractivity contribution in [1.82, 2.24) is 14.8 Å². The van der Waals surface area contributed by atoms with Gasteiger partial charge < -0.3 is 19.1 Å². The largest absolute Gasteiger partial charge is 0.497 e. The van der Waals surface area contributed by atoms with E-state index in [0.717, 1.165) is 37.2 Å². The van der Waals surface area contributed by atoms with Crippen LogP contribution in [-0.2, 0) is 9.53 Å². The van der Waals surface area contributed by atoms with E-state index in [-0.39, 0.29) is 28.6 Å². The first kappa shape index (κ1) is 27.4. The van der Waals surface area contributed by atoms with E-state index in [1.54, 1.807) is 32.4 Å². The Morgan fingerprint density at radius 3 is 2.54 bits per heavy atom. The zero-order valence-corrected chi connectivity index (χ0v) is 23.1. The smallest absolute Gasteiger partial charge is 0.343 e. The monoisotopic (exact) mass is 528 g/mol. The third kappa shape index (κ3) is 5.21. The van der Waals surface area contributed by atoms with Gasteiger partial charge in [0.2, 0.25) is 0 Å². The number of allylic oxidation sites excluding steroid dienone is 1. The van der Waals surface area contributed by atoms with Crippen molar-refractivity contribution in [1.29, 1.82) is 5.26 Å². The van der Waals surface area contributed by atoms with E-state index in [1.807, 2.05) is 19.1 Å². The average Bonchev–Trinajstić information content (AvgIpc) is 3.51. The maximum atomic E-state index is 12.8. The second kappa shape index (κ2) is 11.8. The number of aryl methyl sites for hydroxylation is 1. The summed E-state index contributed by atoms with van der Waals surface area (Å²) in [4.78, 5) is 24.5. The Morgan fingerprint density at radius 1 is 1.13 bits per heavy atom. The number of ether oxygens (including phenoxy) is 3. The summed E-state index contributed by atoms with van der Waals surface area (Å²) in [6.07, 6.45) is 2.23. The Labute approximate surface area is 228 Å². The minimum Gasteiger partial charge on any atom is -0.497 e. The summed E-state index contributed by atoms with van der Waals surface area (Å²) >= 11 is 0. The molecular formula is C29H32N6O4. The molecule has 0 saturated carbocycles. The Balaban J connectivity index is 1.86. The normalized spacial score (nSPS) is 13.3. The molecule has 4 rings (SSSR count). The van der Waals surface area contributed by atoms with Gasteiger partial charge in [-0.1, -0.05) is 13.3 Å². The van der Waals surface area contributed by atoms with Crippen molar-refractivity contribution < 1.29 is 19.0 Å².